The zero-order chi connectivity index (χ0) is 15.1. The smallest absolute Gasteiger partial charge is 0.122 e. The van der Waals surface area contributed by atoms with Gasteiger partial charge in [-0.25, -0.2) is 4.98 Å². The fraction of sp³-hybridized carbons (Fsp3) is 0.471. The third kappa shape index (κ3) is 4.13. The number of nitrogens with zero attached hydrogens (tertiary/aromatic N) is 1. The van der Waals surface area contributed by atoms with Crippen LogP contribution >= 0.6 is 11.3 Å². The third-order valence-corrected chi connectivity index (χ3v) is 4.55. The molecule has 1 aromatic heterocycles. The number of ether oxygens (including phenoxy) is 1. The van der Waals surface area contributed by atoms with Crippen molar-refractivity contribution in [3.05, 3.63) is 41.0 Å². The maximum Gasteiger partial charge on any atom is 0.122 e. The van der Waals surface area contributed by atoms with Crippen LogP contribution in [0.15, 0.2) is 30.3 Å². The summed E-state index contributed by atoms with van der Waals surface area (Å²) in [6.45, 7) is 8.77. The molecule has 0 fully saturated rings. The second-order valence-electron chi connectivity index (χ2n) is 4.83. The van der Waals surface area contributed by atoms with E-state index < -0.39 is 0 Å². The van der Waals surface area contributed by atoms with E-state index in [2.05, 4.69) is 43.4 Å². The van der Waals surface area contributed by atoms with Gasteiger partial charge in [0.15, 0.2) is 0 Å². The average molecular weight is 304 g/mol. The normalized spacial score (nSPS) is 12.5. The zero-order valence-electron chi connectivity index (χ0n) is 13.1. The zero-order valence-corrected chi connectivity index (χ0v) is 13.9. The van der Waals surface area contributed by atoms with Gasteiger partial charge in [0.2, 0.25) is 0 Å². The number of benzene rings is 1. The maximum absolute atomic E-state index is 5.81. The highest BCUT2D eigenvalue weighted by Crippen LogP contribution is 2.35. The molecule has 0 aliphatic heterocycles. The Morgan fingerprint density at radius 1 is 1.19 bits per heavy atom. The second kappa shape index (κ2) is 8.27. The lowest BCUT2D eigenvalue weighted by atomic mass is 10.1. The van der Waals surface area contributed by atoms with Crippen LogP contribution in [0.1, 0.15) is 44.0 Å². The standard InChI is InChI=1S/C17H24N2OS/c1-4-15(20-6-3)17-19-14(12-18-5-2)16(21-17)13-10-8-7-9-11-13/h7-11,15,18H,4-6,12H2,1-3H3. The summed E-state index contributed by atoms with van der Waals surface area (Å²) in [6, 6.07) is 10.5. The van der Waals surface area contributed by atoms with Crippen molar-refractivity contribution in [3.8, 4) is 10.4 Å². The number of thiazole rings is 1. The minimum atomic E-state index is 0.109. The minimum Gasteiger partial charge on any atom is -0.371 e. The fourth-order valence-corrected chi connectivity index (χ4v) is 3.47. The van der Waals surface area contributed by atoms with E-state index in [9.17, 15) is 0 Å². The first kappa shape index (κ1) is 16.1. The van der Waals surface area contributed by atoms with E-state index in [-0.39, 0.29) is 6.10 Å². The van der Waals surface area contributed by atoms with Gasteiger partial charge in [-0.2, -0.15) is 0 Å². The van der Waals surface area contributed by atoms with Gasteiger partial charge in [0.25, 0.3) is 0 Å². The van der Waals surface area contributed by atoms with Crippen LogP contribution in [0.3, 0.4) is 0 Å². The van der Waals surface area contributed by atoms with Gasteiger partial charge in [0.1, 0.15) is 11.1 Å². The molecule has 21 heavy (non-hydrogen) atoms. The molecule has 0 aliphatic rings. The first-order chi connectivity index (χ1) is 10.3. The average Bonchev–Trinajstić information content (AvgIpc) is 2.95. The van der Waals surface area contributed by atoms with Gasteiger partial charge in [-0.3, -0.25) is 0 Å². The lowest BCUT2D eigenvalue weighted by Gasteiger charge is -2.11. The maximum atomic E-state index is 5.81. The molecule has 2 aromatic rings. The summed E-state index contributed by atoms with van der Waals surface area (Å²) in [5.74, 6) is 0. The van der Waals surface area contributed by atoms with Crippen LogP contribution in [0.2, 0.25) is 0 Å². The van der Waals surface area contributed by atoms with Crippen molar-refractivity contribution in [2.75, 3.05) is 13.2 Å². The Morgan fingerprint density at radius 2 is 1.95 bits per heavy atom. The van der Waals surface area contributed by atoms with Gasteiger partial charge in [-0.15, -0.1) is 11.3 Å². The molecule has 1 atom stereocenters. The molecular weight excluding hydrogens is 280 g/mol. The molecule has 0 saturated carbocycles. The molecule has 2 rings (SSSR count). The first-order valence-electron chi connectivity index (χ1n) is 7.67. The molecule has 1 aromatic carbocycles. The van der Waals surface area contributed by atoms with Crippen molar-refractivity contribution in [2.24, 2.45) is 0 Å². The monoisotopic (exact) mass is 304 g/mol. The van der Waals surface area contributed by atoms with E-state index >= 15 is 0 Å². The quantitative estimate of drug-likeness (QED) is 0.784. The Labute approximate surface area is 131 Å². The van der Waals surface area contributed by atoms with E-state index in [4.69, 9.17) is 9.72 Å². The molecule has 4 heteroatoms. The van der Waals surface area contributed by atoms with Gasteiger partial charge in [-0.1, -0.05) is 44.2 Å². The van der Waals surface area contributed by atoms with E-state index in [0.29, 0.717) is 0 Å². The SMILES string of the molecule is CCNCc1nc(C(CC)OCC)sc1-c1ccccc1. The fourth-order valence-electron chi connectivity index (χ4n) is 2.25. The van der Waals surface area contributed by atoms with E-state index in [1.807, 2.05) is 13.0 Å². The number of rotatable bonds is 8. The molecule has 0 radical (unpaired) electrons. The molecule has 1 heterocycles. The first-order valence-corrected chi connectivity index (χ1v) is 8.49. The van der Waals surface area contributed by atoms with Crippen LogP contribution < -0.4 is 5.32 Å². The van der Waals surface area contributed by atoms with Crippen LogP contribution in [0.4, 0.5) is 0 Å². The van der Waals surface area contributed by atoms with Gasteiger partial charge in [-0.05, 0) is 25.5 Å². The van der Waals surface area contributed by atoms with Gasteiger partial charge in [0.05, 0.1) is 10.6 Å². The van der Waals surface area contributed by atoms with Crippen molar-refractivity contribution in [1.29, 1.82) is 0 Å². The highest BCUT2D eigenvalue weighted by atomic mass is 32.1. The Morgan fingerprint density at radius 3 is 2.57 bits per heavy atom. The van der Waals surface area contributed by atoms with Crippen molar-refractivity contribution in [1.82, 2.24) is 10.3 Å². The van der Waals surface area contributed by atoms with Crippen LogP contribution in [-0.4, -0.2) is 18.1 Å². The summed E-state index contributed by atoms with van der Waals surface area (Å²) in [6.07, 6.45) is 1.06. The van der Waals surface area contributed by atoms with Gasteiger partial charge < -0.3 is 10.1 Å². The Kier molecular flexibility index (Phi) is 6.36. The van der Waals surface area contributed by atoms with Crippen LogP contribution in [-0.2, 0) is 11.3 Å². The molecule has 0 bridgehead atoms. The number of hydrogen-bond acceptors (Lipinski definition) is 4. The summed E-state index contributed by atoms with van der Waals surface area (Å²) in [5, 5.41) is 4.47. The minimum absolute atomic E-state index is 0.109. The predicted molar refractivity (Wildman–Crippen MR) is 89.6 cm³/mol. The summed E-state index contributed by atoms with van der Waals surface area (Å²) >= 11 is 1.76. The van der Waals surface area contributed by atoms with E-state index in [1.165, 1.54) is 10.4 Å². The largest absolute Gasteiger partial charge is 0.371 e. The van der Waals surface area contributed by atoms with E-state index in [0.717, 1.165) is 36.8 Å². The van der Waals surface area contributed by atoms with Crippen molar-refractivity contribution in [3.63, 3.8) is 0 Å². The lowest BCUT2D eigenvalue weighted by Crippen LogP contribution is -2.13. The molecule has 0 amide bonds. The van der Waals surface area contributed by atoms with Gasteiger partial charge in [0, 0.05) is 13.2 Å². The summed E-state index contributed by atoms with van der Waals surface area (Å²) in [5.41, 5.74) is 2.36. The van der Waals surface area contributed by atoms with Crippen molar-refractivity contribution < 1.29 is 4.74 Å². The Bertz CT molecular complexity index is 539. The molecule has 3 nitrogen and oxygen atoms in total. The van der Waals surface area contributed by atoms with Crippen LogP contribution in [0.25, 0.3) is 10.4 Å². The molecular formula is C17H24N2OS. The number of aromatic nitrogens is 1. The molecule has 114 valence electrons. The van der Waals surface area contributed by atoms with Crippen molar-refractivity contribution in [2.45, 2.75) is 39.8 Å². The highest BCUT2D eigenvalue weighted by molar-refractivity contribution is 7.15. The molecule has 0 saturated heterocycles. The Hall–Kier alpha value is -1.23. The molecule has 1 N–H and O–H groups in total. The summed E-state index contributed by atoms with van der Waals surface area (Å²) in [7, 11) is 0. The van der Waals surface area contributed by atoms with Crippen molar-refractivity contribution >= 4 is 11.3 Å². The van der Waals surface area contributed by atoms with Crippen LogP contribution in [0.5, 0.6) is 0 Å². The number of nitrogens with one attached hydrogen (secondary N) is 1. The summed E-state index contributed by atoms with van der Waals surface area (Å²) in [4.78, 5) is 6.10. The molecule has 0 aliphatic carbocycles. The van der Waals surface area contributed by atoms with Gasteiger partial charge >= 0.3 is 0 Å². The highest BCUT2D eigenvalue weighted by Gasteiger charge is 2.18. The number of hydrogen-bond donors (Lipinski definition) is 1. The third-order valence-electron chi connectivity index (χ3n) is 3.31. The molecule has 0 spiro atoms. The summed E-state index contributed by atoms with van der Waals surface area (Å²) < 4.78 is 5.81. The van der Waals surface area contributed by atoms with Crippen LogP contribution in [0, 0.1) is 0 Å². The van der Waals surface area contributed by atoms with E-state index in [1.54, 1.807) is 11.3 Å². The topological polar surface area (TPSA) is 34.2 Å². The molecule has 1 unspecified atom stereocenters. The lowest BCUT2D eigenvalue weighted by molar-refractivity contribution is 0.0595. The second-order valence-corrected chi connectivity index (χ2v) is 5.86. The Balaban J connectivity index is 2.35. The predicted octanol–water partition coefficient (Wildman–Crippen LogP) is 4.41.